The van der Waals surface area contributed by atoms with Crippen molar-refractivity contribution in [3.8, 4) is 0 Å². The van der Waals surface area contributed by atoms with Crippen molar-refractivity contribution >= 4 is 39.9 Å². The number of aliphatic hydroxyl groups excluding tert-OH is 1. The molecule has 10 heteroatoms. The van der Waals surface area contributed by atoms with E-state index in [2.05, 4.69) is 15.1 Å². The van der Waals surface area contributed by atoms with Gasteiger partial charge in [-0.15, -0.1) is 0 Å². The van der Waals surface area contributed by atoms with Gasteiger partial charge in [0.15, 0.2) is 5.78 Å². The summed E-state index contributed by atoms with van der Waals surface area (Å²) in [6.07, 6.45) is 3.80. The molecule has 2 aromatic carbocycles. The first kappa shape index (κ1) is 27.0. The van der Waals surface area contributed by atoms with Crippen molar-refractivity contribution in [2.75, 3.05) is 55.7 Å². The van der Waals surface area contributed by atoms with Gasteiger partial charge in [0, 0.05) is 67.2 Å². The van der Waals surface area contributed by atoms with Crippen molar-refractivity contribution in [3.05, 3.63) is 69.1 Å². The van der Waals surface area contributed by atoms with E-state index < -0.39 is 30.1 Å². The fourth-order valence-electron chi connectivity index (χ4n) is 6.34. The number of hydrogen-bond donors (Lipinski definition) is 2. The van der Waals surface area contributed by atoms with E-state index in [1.807, 2.05) is 18.2 Å². The fourth-order valence-corrected chi connectivity index (χ4v) is 6.34. The number of aliphatic hydroxyl groups is 1. The Morgan fingerprint density at radius 1 is 0.951 bits per heavy atom. The minimum Gasteiger partial charge on any atom is -0.422 e. The van der Waals surface area contributed by atoms with Crippen molar-refractivity contribution in [3.63, 3.8) is 0 Å². The number of hydrogen-bond acceptors (Lipinski definition) is 8. The van der Waals surface area contributed by atoms with Gasteiger partial charge in [0.1, 0.15) is 17.2 Å². The highest BCUT2D eigenvalue weighted by Gasteiger charge is 2.31. The fraction of sp³-hybridized carbons (Fsp3) is 0.419. The molecule has 2 amide bonds. The molecule has 3 aromatic rings. The summed E-state index contributed by atoms with van der Waals surface area (Å²) in [6, 6.07) is 9.73. The van der Waals surface area contributed by atoms with Gasteiger partial charge in [0.2, 0.25) is 5.91 Å². The first-order valence-electron chi connectivity index (χ1n) is 14.3. The molecular weight excluding hydrogens is 524 g/mol. The first-order chi connectivity index (χ1) is 19.8. The van der Waals surface area contributed by atoms with Crippen LogP contribution in [0.3, 0.4) is 0 Å². The van der Waals surface area contributed by atoms with Crippen LogP contribution in [0.5, 0.6) is 0 Å². The lowest BCUT2D eigenvalue weighted by molar-refractivity contribution is -0.134. The van der Waals surface area contributed by atoms with Crippen LogP contribution in [-0.2, 0) is 17.6 Å². The molecule has 0 saturated carbocycles. The number of carbonyl (C=O) groups is 3. The molecule has 0 radical (unpaired) electrons. The van der Waals surface area contributed by atoms with Crippen LogP contribution in [0.1, 0.15) is 51.6 Å². The topological polar surface area (TPSA) is 123 Å². The van der Waals surface area contributed by atoms with Crippen LogP contribution < -0.4 is 20.7 Å². The highest BCUT2D eigenvalue weighted by molar-refractivity contribution is 6.00. The van der Waals surface area contributed by atoms with E-state index in [1.165, 1.54) is 18.2 Å². The third kappa shape index (κ3) is 5.08. The van der Waals surface area contributed by atoms with Gasteiger partial charge in [0.25, 0.3) is 5.91 Å². The third-order valence-electron chi connectivity index (χ3n) is 8.48. The molecule has 0 aliphatic carbocycles. The van der Waals surface area contributed by atoms with E-state index in [9.17, 15) is 24.3 Å². The molecule has 2 N–H and O–H groups in total. The maximum absolute atomic E-state index is 13.2. The second-order valence-corrected chi connectivity index (χ2v) is 11.0. The summed E-state index contributed by atoms with van der Waals surface area (Å²) in [5, 5.41) is 13.3. The lowest BCUT2D eigenvalue weighted by Gasteiger charge is -2.37. The Kier molecular flexibility index (Phi) is 7.25. The number of benzene rings is 2. The number of piperazine rings is 1. The van der Waals surface area contributed by atoms with Gasteiger partial charge in [-0.05, 0) is 74.6 Å². The molecule has 41 heavy (non-hydrogen) atoms. The zero-order chi connectivity index (χ0) is 28.7. The Hall–Kier alpha value is -4.18. The zero-order valence-electron chi connectivity index (χ0n) is 23.1. The van der Waals surface area contributed by atoms with Gasteiger partial charge in [-0.1, -0.05) is 0 Å². The second-order valence-electron chi connectivity index (χ2n) is 11.0. The number of amides is 2. The van der Waals surface area contributed by atoms with Crippen LogP contribution in [-0.4, -0.2) is 79.5 Å². The average molecular weight is 559 g/mol. The number of nitrogens with zero attached hydrogens (tertiary/aromatic N) is 3. The normalized spacial score (nSPS) is 17.3. The minimum atomic E-state index is -1.18. The van der Waals surface area contributed by atoms with Crippen molar-refractivity contribution in [1.82, 2.24) is 10.2 Å². The molecule has 0 spiro atoms. The zero-order valence-corrected chi connectivity index (χ0v) is 23.1. The molecule has 1 saturated heterocycles. The Morgan fingerprint density at radius 3 is 2.34 bits per heavy atom. The predicted octanol–water partition coefficient (Wildman–Crippen LogP) is 2.13. The summed E-state index contributed by atoms with van der Waals surface area (Å²) in [6.45, 7) is 4.87. The van der Waals surface area contributed by atoms with E-state index in [0.29, 0.717) is 42.7 Å². The summed E-state index contributed by atoms with van der Waals surface area (Å²) >= 11 is 0. The highest BCUT2D eigenvalue weighted by Crippen LogP contribution is 2.39. The van der Waals surface area contributed by atoms with Crippen LogP contribution >= 0.6 is 0 Å². The van der Waals surface area contributed by atoms with E-state index in [1.54, 1.807) is 23.1 Å². The molecule has 3 aliphatic rings. The van der Waals surface area contributed by atoms with E-state index >= 15 is 0 Å². The molecule has 1 atom stereocenters. The van der Waals surface area contributed by atoms with Gasteiger partial charge in [0.05, 0.1) is 6.61 Å². The van der Waals surface area contributed by atoms with Crippen molar-refractivity contribution in [2.45, 2.75) is 38.6 Å². The Balaban J connectivity index is 1.15. The van der Waals surface area contributed by atoms with Gasteiger partial charge >= 0.3 is 5.63 Å². The highest BCUT2D eigenvalue weighted by atomic mass is 16.4. The smallest absolute Gasteiger partial charge is 0.349 e. The molecule has 4 heterocycles. The first-order valence-corrected chi connectivity index (χ1v) is 14.3. The lowest BCUT2D eigenvalue weighted by atomic mass is 9.90. The number of aryl methyl sites for hydroxylation is 2. The van der Waals surface area contributed by atoms with Crippen molar-refractivity contribution in [2.24, 2.45) is 0 Å². The maximum Gasteiger partial charge on any atom is 0.349 e. The van der Waals surface area contributed by atoms with Gasteiger partial charge in [-0.3, -0.25) is 14.4 Å². The lowest BCUT2D eigenvalue weighted by Crippen LogP contribution is -2.56. The van der Waals surface area contributed by atoms with Gasteiger partial charge < -0.3 is 29.5 Å². The minimum absolute atomic E-state index is 0.00514. The maximum atomic E-state index is 13.2. The van der Waals surface area contributed by atoms with E-state index in [4.69, 9.17) is 4.42 Å². The van der Waals surface area contributed by atoms with Crippen LogP contribution in [0.25, 0.3) is 11.0 Å². The molecular formula is C31H34N4O6. The van der Waals surface area contributed by atoms with Crippen LogP contribution in [0.15, 0.2) is 45.6 Å². The number of rotatable bonds is 6. The van der Waals surface area contributed by atoms with E-state index in [0.717, 1.165) is 50.0 Å². The number of carbonyl (C=O) groups excluding carboxylic acids is 3. The van der Waals surface area contributed by atoms with Crippen LogP contribution in [0.2, 0.25) is 0 Å². The molecule has 10 nitrogen and oxygen atoms in total. The number of Topliss-reactive ketones (excluding diaryl/α,β-unsaturated/α-hetero) is 1. The molecule has 1 fully saturated rings. The van der Waals surface area contributed by atoms with Gasteiger partial charge in [-0.25, -0.2) is 4.79 Å². The van der Waals surface area contributed by atoms with E-state index in [-0.39, 0.29) is 11.3 Å². The summed E-state index contributed by atoms with van der Waals surface area (Å²) in [4.78, 5) is 57.0. The molecule has 1 unspecified atom stereocenters. The average Bonchev–Trinajstić information content (AvgIpc) is 3.00. The predicted molar refractivity (Wildman–Crippen MR) is 155 cm³/mol. The largest absolute Gasteiger partial charge is 0.422 e. The third-order valence-corrected chi connectivity index (χ3v) is 8.48. The van der Waals surface area contributed by atoms with Crippen molar-refractivity contribution in [1.29, 1.82) is 0 Å². The van der Waals surface area contributed by atoms with Crippen LogP contribution in [0, 0.1) is 0 Å². The molecule has 1 aromatic heterocycles. The van der Waals surface area contributed by atoms with Crippen LogP contribution in [0.4, 0.5) is 11.4 Å². The van der Waals surface area contributed by atoms with Crippen molar-refractivity contribution < 1.29 is 23.9 Å². The summed E-state index contributed by atoms with van der Waals surface area (Å²) in [5.74, 6) is -1.15. The standard InChI is InChI=1S/C31H34N4O6/c1-19(37)20-6-8-23(9-7-20)33-12-14-35(15-13-33)30(39)26(18-36)32-29(38)25-17-22-16-21-4-2-10-34-11-3-5-24(27(21)34)28(22)41-31(25)40/h6-9,16-17,26,36H,2-5,10-15,18H2,1H3,(H,32,38). The van der Waals surface area contributed by atoms with Gasteiger partial charge in [-0.2, -0.15) is 0 Å². The molecule has 214 valence electrons. The SMILES string of the molecule is CC(=O)c1ccc(N2CCN(C(=O)C(CO)NC(=O)c3cc4cc5c6c(c4oc3=O)CCCN6CCC5)CC2)cc1. The molecule has 3 aliphatic heterocycles. The molecule has 6 rings (SSSR count). The number of nitrogens with one attached hydrogen (secondary N) is 1. The summed E-state index contributed by atoms with van der Waals surface area (Å²) in [5.41, 5.74) is 4.60. The monoisotopic (exact) mass is 558 g/mol. The Morgan fingerprint density at radius 2 is 1.66 bits per heavy atom. The Labute approximate surface area is 237 Å². The quantitative estimate of drug-likeness (QED) is 0.349. The Bertz CT molecular complexity index is 1570. The number of ketones is 1. The second kappa shape index (κ2) is 11.0. The summed E-state index contributed by atoms with van der Waals surface area (Å²) in [7, 11) is 0. The number of anilines is 2. The summed E-state index contributed by atoms with van der Waals surface area (Å²) < 4.78 is 5.73. The number of fused-ring (bicyclic) bond motifs is 2. The molecule has 0 bridgehead atoms.